The Kier molecular flexibility index (Phi) is 4.02. The molecule has 0 spiro atoms. The zero-order chi connectivity index (χ0) is 15.5. The van der Waals surface area contributed by atoms with Gasteiger partial charge in [0.15, 0.2) is 5.76 Å². The minimum atomic E-state index is -0.279. The number of fused-ring (bicyclic) bond motifs is 1. The molecular formula is C17H14ClNO3. The first-order valence-electron chi connectivity index (χ1n) is 6.76. The maximum atomic E-state index is 12.2. The fourth-order valence-electron chi connectivity index (χ4n) is 2.24. The average Bonchev–Trinajstić information content (AvgIpc) is 2.96. The lowest BCUT2D eigenvalue weighted by Gasteiger charge is -2.08. The third kappa shape index (κ3) is 2.92. The maximum absolute atomic E-state index is 12.2. The van der Waals surface area contributed by atoms with Crippen LogP contribution in [0, 0.1) is 0 Å². The molecule has 1 heterocycles. The summed E-state index contributed by atoms with van der Waals surface area (Å²) in [6.45, 7) is 0.362. The molecule has 3 rings (SSSR count). The van der Waals surface area contributed by atoms with E-state index in [1.54, 1.807) is 31.4 Å². The van der Waals surface area contributed by atoms with Gasteiger partial charge in [0.1, 0.15) is 11.3 Å². The molecule has 0 atom stereocenters. The molecule has 1 amide bonds. The van der Waals surface area contributed by atoms with E-state index in [4.69, 9.17) is 20.8 Å². The Bertz CT molecular complexity index is 826. The van der Waals surface area contributed by atoms with E-state index in [0.29, 0.717) is 17.2 Å². The minimum Gasteiger partial charge on any atom is -0.496 e. The number of nitrogens with one attached hydrogen (secondary N) is 1. The van der Waals surface area contributed by atoms with E-state index >= 15 is 0 Å². The summed E-state index contributed by atoms with van der Waals surface area (Å²) in [6, 6.07) is 14.4. The van der Waals surface area contributed by atoms with Crippen LogP contribution in [-0.2, 0) is 6.54 Å². The van der Waals surface area contributed by atoms with Crippen molar-refractivity contribution in [3.63, 3.8) is 0 Å². The first-order valence-corrected chi connectivity index (χ1v) is 7.14. The second-order valence-corrected chi connectivity index (χ2v) is 5.22. The van der Waals surface area contributed by atoms with Crippen LogP contribution in [0.1, 0.15) is 16.1 Å². The zero-order valence-corrected chi connectivity index (χ0v) is 12.7. The van der Waals surface area contributed by atoms with Gasteiger partial charge in [-0.2, -0.15) is 0 Å². The van der Waals surface area contributed by atoms with Crippen molar-refractivity contribution in [2.24, 2.45) is 0 Å². The van der Waals surface area contributed by atoms with Gasteiger partial charge in [-0.15, -0.1) is 0 Å². The fourth-order valence-corrected chi connectivity index (χ4v) is 2.42. The van der Waals surface area contributed by atoms with Gasteiger partial charge in [-0.1, -0.05) is 29.8 Å². The molecule has 1 aromatic heterocycles. The van der Waals surface area contributed by atoms with E-state index in [-0.39, 0.29) is 11.7 Å². The number of para-hydroxylation sites is 1. The molecule has 0 aliphatic heterocycles. The quantitative estimate of drug-likeness (QED) is 0.791. The van der Waals surface area contributed by atoms with Gasteiger partial charge in [0.05, 0.1) is 7.11 Å². The Labute approximate surface area is 132 Å². The zero-order valence-electron chi connectivity index (χ0n) is 11.9. The van der Waals surface area contributed by atoms with Gasteiger partial charge in [-0.25, -0.2) is 0 Å². The second kappa shape index (κ2) is 6.12. The highest BCUT2D eigenvalue weighted by Crippen LogP contribution is 2.23. The van der Waals surface area contributed by atoms with Crippen LogP contribution in [0.5, 0.6) is 5.75 Å². The van der Waals surface area contributed by atoms with Crippen LogP contribution in [0.15, 0.2) is 52.9 Å². The number of hydrogen-bond donors (Lipinski definition) is 1. The summed E-state index contributed by atoms with van der Waals surface area (Å²) in [6.07, 6.45) is 0. The van der Waals surface area contributed by atoms with Gasteiger partial charge in [0.25, 0.3) is 5.91 Å². The predicted octanol–water partition coefficient (Wildman–Crippen LogP) is 4.02. The van der Waals surface area contributed by atoms with Crippen molar-refractivity contribution in [1.29, 1.82) is 0 Å². The van der Waals surface area contributed by atoms with Crippen molar-refractivity contribution in [2.75, 3.05) is 7.11 Å². The van der Waals surface area contributed by atoms with E-state index < -0.39 is 0 Å². The minimum absolute atomic E-state index is 0.257. The summed E-state index contributed by atoms with van der Waals surface area (Å²) in [4.78, 5) is 12.2. The first-order chi connectivity index (χ1) is 10.7. The van der Waals surface area contributed by atoms with Crippen LogP contribution in [0.2, 0.25) is 5.02 Å². The number of amides is 1. The Hall–Kier alpha value is -2.46. The Morgan fingerprint density at radius 1 is 1.23 bits per heavy atom. The summed E-state index contributed by atoms with van der Waals surface area (Å²) in [5, 5.41) is 4.23. The molecule has 0 saturated heterocycles. The highest BCUT2D eigenvalue weighted by atomic mass is 35.5. The van der Waals surface area contributed by atoms with Gasteiger partial charge in [0, 0.05) is 22.5 Å². The first kappa shape index (κ1) is 14.5. The molecule has 2 aromatic carbocycles. The monoisotopic (exact) mass is 315 g/mol. The summed E-state index contributed by atoms with van der Waals surface area (Å²) in [7, 11) is 1.60. The molecule has 5 heteroatoms. The molecular weight excluding hydrogens is 302 g/mol. The molecule has 3 aromatic rings. The smallest absolute Gasteiger partial charge is 0.287 e. The topological polar surface area (TPSA) is 51.5 Å². The number of carbonyl (C=O) groups is 1. The van der Waals surface area contributed by atoms with Crippen molar-refractivity contribution in [2.45, 2.75) is 6.54 Å². The second-order valence-electron chi connectivity index (χ2n) is 4.79. The van der Waals surface area contributed by atoms with E-state index in [1.165, 1.54) is 0 Å². The van der Waals surface area contributed by atoms with Crippen molar-refractivity contribution >= 4 is 28.5 Å². The Morgan fingerprint density at radius 2 is 2.05 bits per heavy atom. The number of furan rings is 1. The molecule has 0 radical (unpaired) electrons. The summed E-state index contributed by atoms with van der Waals surface area (Å²) in [5.41, 5.74) is 1.53. The van der Waals surface area contributed by atoms with Gasteiger partial charge in [-0.05, 0) is 30.3 Å². The van der Waals surface area contributed by atoms with Crippen LogP contribution >= 0.6 is 11.6 Å². The number of rotatable bonds is 4. The van der Waals surface area contributed by atoms with E-state index in [2.05, 4.69) is 5.32 Å². The SMILES string of the molecule is COc1ccccc1CNC(=O)c1cc2cc(Cl)ccc2o1. The van der Waals surface area contributed by atoms with Crippen molar-refractivity contribution < 1.29 is 13.9 Å². The maximum Gasteiger partial charge on any atom is 0.287 e. The van der Waals surface area contributed by atoms with Crippen molar-refractivity contribution in [1.82, 2.24) is 5.32 Å². The molecule has 4 nitrogen and oxygen atoms in total. The number of benzene rings is 2. The molecule has 112 valence electrons. The number of methoxy groups -OCH3 is 1. The number of hydrogen-bond acceptors (Lipinski definition) is 3. The van der Waals surface area contributed by atoms with Gasteiger partial charge < -0.3 is 14.5 Å². The fraction of sp³-hybridized carbons (Fsp3) is 0.118. The third-order valence-corrected chi connectivity index (χ3v) is 3.57. The normalized spacial score (nSPS) is 10.6. The van der Waals surface area contributed by atoms with Crippen molar-refractivity contribution in [3.05, 3.63) is 64.9 Å². The lowest BCUT2D eigenvalue weighted by atomic mass is 10.2. The lowest BCUT2D eigenvalue weighted by molar-refractivity contribution is 0.0925. The molecule has 1 N–H and O–H groups in total. The summed E-state index contributed by atoms with van der Waals surface area (Å²) >= 11 is 5.93. The molecule has 22 heavy (non-hydrogen) atoms. The van der Waals surface area contributed by atoms with Gasteiger partial charge in [-0.3, -0.25) is 4.79 Å². The van der Waals surface area contributed by atoms with Crippen LogP contribution < -0.4 is 10.1 Å². The Morgan fingerprint density at radius 3 is 2.86 bits per heavy atom. The average molecular weight is 316 g/mol. The molecule has 0 aliphatic carbocycles. The highest BCUT2D eigenvalue weighted by Gasteiger charge is 2.13. The van der Waals surface area contributed by atoms with Gasteiger partial charge >= 0.3 is 0 Å². The molecule has 0 aliphatic rings. The van der Waals surface area contributed by atoms with E-state index in [1.807, 2.05) is 24.3 Å². The predicted molar refractivity (Wildman–Crippen MR) is 85.4 cm³/mol. The van der Waals surface area contributed by atoms with Gasteiger partial charge in [0.2, 0.25) is 0 Å². The lowest BCUT2D eigenvalue weighted by Crippen LogP contribution is -2.22. The van der Waals surface area contributed by atoms with Crippen molar-refractivity contribution in [3.8, 4) is 5.75 Å². The van der Waals surface area contributed by atoms with E-state index in [0.717, 1.165) is 16.7 Å². The summed E-state index contributed by atoms with van der Waals surface area (Å²) in [5.74, 6) is 0.713. The van der Waals surface area contributed by atoms with E-state index in [9.17, 15) is 4.79 Å². The summed E-state index contributed by atoms with van der Waals surface area (Å²) < 4.78 is 10.8. The van der Waals surface area contributed by atoms with Crippen LogP contribution in [0.25, 0.3) is 11.0 Å². The molecule has 0 unspecified atom stereocenters. The van der Waals surface area contributed by atoms with Crippen LogP contribution in [0.3, 0.4) is 0 Å². The highest BCUT2D eigenvalue weighted by molar-refractivity contribution is 6.31. The standard InChI is InChI=1S/C17H14ClNO3/c1-21-14-5-3-2-4-11(14)10-19-17(20)16-9-12-8-13(18)6-7-15(12)22-16/h2-9H,10H2,1H3,(H,19,20). The number of halogens is 1. The largest absolute Gasteiger partial charge is 0.496 e. The van der Waals surface area contributed by atoms with Crippen LogP contribution in [0.4, 0.5) is 0 Å². The third-order valence-electron chi connectivity index (χ3n) is 3.33. The molecule has 0 saturated carbocycles. The molecule has 0 bridgehead atoms. The number of ether oxygens (including phenoxy) is 1. The van der Waals surface area contributed by atoms with Crippen LogP contribution in [-0.4, -0.2) is 13.0 Å². The number of carbonyl (C=O) groups excluding carboxylic acids is 1. The Balaban J connectivity index is 1.76. The molecule has 0 fully saturated rings.